The van der Waals surface area contributed by atoms with E-state index in [1.165, 1.54) is 12.3 Å². The van der Waals surface area contributed by atoms with Crippen molar-refractivity contribution in [3.05, 3.63) is 88.6 Å². The number of hydrazone groups is 1. The van der Waals surface area contributed by atoms with E-state index in [9.17, 15) is 19.5 Å². The van der Waals surface area contributed by atoms with Crippen LogP contribution < -0.4 is 10.2 Å². The highest BCUT2D eigenvalue weighted by Gasteiger charge is 2.35. The smallest absolute Gasteiger partial charge is 0.276 e. The normalized spacial score (nSPS) is 13.6. The van der Waals surface area contributed by atoms with Gasteiger partial charge in [-0.3, -0.25) is 14.4 Å². The number of hydrogen-bond donors (Lipinski definition) is 2. The number of amides is 2. The maximum atomic E-state index is 13.2. The Morgan fingerprint density at radius 2 is 1.61 bits per heavy atom. The lowest BCUT2D eigenvalue weighted by Gasteiger charge is -2.34. The minimum absolute atomic E-state index is 0.0331. The standard InChI is InChI=1S/C28H27ClN4O5/c1-28(2,38-22-11-7-19(8-12-22)24(34)18-5-9-20(29)10-6-18)27(37)33-16-13-21(14-17-33)31-32-26(36)23-4-3-15-30-25(23)35/h3-12,15H,13-14,16-17H2,1-2H3,(H,30,35)(H,32,36). The third-order valence-corrected chi connectivity index (χ3v) is 6.34. The number of carbonyl (C=O) groups is 3. The Bertz CT molecular complexity index is 1360. The zero-order chi connectivity index (χ0) is 27.3. The molecule has 2 amide bonds. The van der Waals surface area contributed by atoms with E-state index >= 15 is 0 Å². The zero-order valence-corrected chi connectivity index (χ0v) is 21.7. The molecule has 0 atom stereocenters. The molecule has 2 heterocycles. The van der Waals surface area contributed by atoms with Crippen molar-refractivity contribution >= 4 is 34.9 Å². The van der Waals surface area contributed by atoms with E-state index in [1.807, 2.05) is 0 Å². The summed E-state index contributed by atoms with van der Waals surface area (Å²) in [5.74, 6) is -0.769. The number of ether oxygens (including phenoxy) is 1. The van der Waals surface area contributed by atoms with E-state index in [1.54, 1.807) is 73.3 Å². The van der Waals surface area contributed by atoms with Crippen molar-refractivity contribution in [1.82, 2.24) is 15.3 Å². The second-order valence-electron chi connectivity index (χ2n) is 9.26. The van der Waals surface area contributed by atoms with Crippen LogP contribution in [0.15, 0.2) is 72.0 Å². The Morgan fingerprint density at radius 1 is 1.00 bits per heavy atom. The summed E-state index contributed by atoms with van der Waals surface area (Å²) < 4.78 is 6.00. The monoisotopic (exact) mass is 534 g/mol. The summed E-state index contributed by atoms with van der Waals surface area (Å²) in [6, 6.07) is 16.3. The molecule has 1 aromatic heterocycles. The minimum Gasteiger partial charge on any atom is -0.493 e. The Balaban J connectivity index is 1.31. The molecule has 4 rings (SSSR count). The van der Waals surface area contributed by atoms with Gasteiger partial charge in [-0.1, -0.05) is 11.6 Å². The van der Waals surface area contributed by atoms with Gasteiger partial charge in [0.1, 0.15) is 11.3 Å². The summed E-state index contributed by atoms with van der Waals surface area (Å²) in [5, 5.41) is 14.4. The van der Waals surface area contributed by atoms with Crippen LogP contribution in [0.5, 0.6) is 11.6 Å². The highest BCUT2D eigenvalue weighted by atomic mass is 35.5. The molecule has 1 fully saturated rings. The summed E-state index contributed by atoms with van der Waals surface area (Å²) in [5.41, 5.74) is 3.10. The SMILES string of the molecule is CC(C)(Oc1ccc(C(=O)c2ccc(Cl)cc2)cc1)C(=O)N1CCC(=NNC(=O)c2cccnc2O)CC1. The van der Waals surface area contributed by atoms with E-state index in [2.05, 4.69) is 15.5 Å². The molecule has 3 aromatic rings. The fourth-order valence-electron chi connectivity index (χ4n) is 4.01. The Kier molecular flexibility index (Phi) is 8.07. The van der Waals surface area contributed by atoms with Gasteiger partial charge in [-0.15, -0.1) is 0 Å². The Morgan fingerprint density at radius 3 is 2.21 bits per heavy atom. The number of rotatable bonds is 7. The number of ketones is 1. The molecular formula is C28H27ClN4O5. The summed E-state index contributed by atoms with van der Waals surface area (Å²) in [7, 11) is 0. The number of carbonyl (C=O) groups excluding carboxylic acids is 3. The number of benzene rings is 2. The van der Waals surface area contributed by atoms with E-state index in [4.69, 9.17) is 16.3 Å². The molecule has 0 spiro atoms. The lowest BCUT2D eigenvalue weighted by atomic mass is 10.0. The number of piperidine rings is 1. The maximum Gasteiger partial charge on any atom is 0.276 e. The van der Waals surface area contributed by atoms with Crippen LogP contribution in [0.25, 0.3) is 0 Å². The van der Waals surface area contributed by atoms with Gasteiger partial charge in [0.25, 0.3) is 11.8 Å². The lowest BCUT2D eigenvalue weighted by Crippen LogP contribution is -2.51. The number of halogens is 1. The van der Waals surface area contributed by atoms with E-state index < -0.39 is 11.5 Å². The number of aromatic hydroxyl groups is 1. The predicted octanol–water partition coefficient (Wildman–Crippen LogP) is 4.24. The molecule has 2 N–H and O–H groups in total. The van der Waals surface area contributed by atoms with Crippen molar-refractivity contribution in [2.45, 2.75) is 32.3 Å². The third kappa shape index (κ3) is 6.36. The van der Waals surface area contributed by atoms with E-state index in [-0.39, 0.29) is 23.1 Å². The number of aromatic nitrogens is 1. The van der Waals surface area contributed by atoms with Crippen LogP contribution in [0, 0.1) is 0 Å². The van der Waals surface area contributed by atoms with Crippen molar-refractivity contribution in [3.63, 3.8) is 0 Å². The highest BCUT2D eigenvalue weighted by Crippen LogP contribution is 2.24. The van der Waals surface area contributed by atoms with Gasteiger partial charge in [0, 0.05) is 54.0 Å². The molecule has 2 aromatic carbocycles. The van der Waals surface area contributed by atoms with Crippen LogP contribution in [0.3, 0.4) is 0 Å². The van der Waals surface area contributed by atoms with Gasteiger partial charge in [-0.25, -0.2) is 10.4 Å². The van der Waals surface area contributed by atoms with Crippen molar-refractivity contribution in [3.8, 4) is 11.6 Å². The molecule has 196 valence electrons. The average Bonchev–Trinajstić information content (AvgIpc) is 2.92. The summed E-state index contributed by atoms with van der Waals surface area (Å²) >= 11 is 5.90. The number of hydrogen-bond acceptors (Lipinski definition) is 7. The van der Waals surface area contributed by atoms with Gasteiger partial charge in [-0.2, -0.15) is 5.10 Å². The first-order chi connectivity index (χ1) is 18.1. The van der Waals surface area contributed by atoms with Gasteiger partial charge >= 0.3 is 0 Å². The lowest BCUT2D eigenvalue weighted by molar-refractivity contribution is -0.145. The fourth-order valence-corrected chi connectivity index (χ4v) is 4.13. The number of nitrogens with zero attached hydrogens (tertiary/aromatic N) is 3. The number of nitrogens with one attached hydrogen (secondary N) is 1. The molecule has 1 aliphatic rings. The topological polar surface area (TPSA) is 121 Å². The number of pyridine rings is 1. The molecule has 0 radical (unpaired) electrons. The van der Waals surface area contributed by atoms with Crippen LogP contribution >= 0.6 is 11.6 Å². The van der Waals surface area contributed by atoms with Crippen molar-refractivity contribution in [1.29, 1.82) is 0 Å². The van der Waals surface area contributed by atoms with Crippen molar-refractivity contribution in [2.24, 2.45) is 5.10 Å². The molecule has 1 saturated heterocycles. The van der Waals surface area contributed by atoms with Crippen molar-refractivity contribution in [2.75, 3.05) is 13.1 Å². The second kappa shape index (κ2) is 11.4. The molecular weight excluding hydrogens is 508 g/mol. The van der Waals surface area contributed by atoms with E-state index in [0.717, 1.165) is 5.71 Å². The Labute approximate surface area is 225 Å². The van der Waals surface area contributed by atoms with Crippen LogP contribution in [0.4, 0.5) is 0 Å². The summed E-state index contributed by atoms with van der Waals surface area (Å²) in [6.45, 7) is 4.25. The Hall–Kier alpha value is -4.24. The quantitative estimate of drug-likeness (QED) is 0.345. The summed E-state index contributed by atoms with van der Waals surface area (Å²) in [6.07, 6.45) is 2.36. The average molecular weight is 535 g/mol. The van der Waals surface area contributed by atoms with Gasteiger partial charge in [-0.05, 0) is 74.5 Å². The number of likely N-dealkylation sites (tertiary alicyclic amines) is 1. The first-order valence-corrected chi connectivity index (χ1v) is 12.4. The van der Waals surface area contributed by atoms with Gasteiger partial charge in [0.2, 0.25) is 5.88 Å². The second-order valence-corrected chi connectivity index (χ2v) is 9.69. The summed E-state index contributed by atoms with van der Waals surface area (Å²) in [4.78, 5) is 43.5. The van der Waals surface area contributed by atoms with Crippen LogP contribution in [-0.2, 0) is 4.79 Å². The molecule has 0 saturated carbocycles. The van der Waals surface area contributed by atoms with Crippen LogP contribution in [0.1, 0.15) is 53.0 Å². The third-order valence-electron chi connectivity index (χ3n) is 6.09. The minimum atomic E-state index is -1.14. The molecule has 0 unspecified atom stereocenters. The van der Waals surface area contributed by atoms with Crippen LogP contribution in [-0.4, -0.2) is 57.0 Å². The molecule has 38 heavy (non-hydrogen) atoms. The molecule has 0 aliphatic carbocycles. The highest BCUT2D eigenvalue weighted by molar-refractivity contribution is 6.30. The molecule has 0 bridgehead atoms. The molecule has 1 aliphatic heterocycles. The molecule has 9 nitrogen and oxygen atoms in total. The van der Waals surface area contributed by atoms with Gasteiger partial charge < -0.3 is 14.7 Å². The maximum absolute atomic E-state index is 13.2. The largest absolute Gasteiger partial charge is 0.493 e. The van der Waals surface area contributed by atoms with E-state index in [0.29, 0.717) is 47.8 Å². The zero-order valence-electron chi connectivity index (χ0n) is 21.0. The predicted molar refractivity (Wildman–Crippen MR) is 143 cm³/mol. The van der Waals surface area contributed by atoms with Gasteiger partial charge in [0.05, 0.1) is 0 Å². The van der Waals surface area contributed by atoms with Gasteiger partial charge in [0.15, 0.2) is 11.4 Å². The van der Waals surface area contributed by atoms with Crippen molar-refractivity contribution < 1.29 is 24.2 Å². The van der Waals surface area contributed by atoms with Crippen LogP contribution in [0.2, 0.25) is 5.02 Å². The first-order valence-electron chi connectivity index (χ1n) is 12.0. The fraction of sp³-hybridized carbons (Fsp3) is 0.250. The first kappa shape index (κ1) is 26.8. The molecule has 10 heteroatoms.